The molecule has 1 atom stereocenters. The molecule has 1 saturated heterocycles. The number of ether oxygens (including phenoxy) is 1. The summed E-state index contributed by atoms with van der Waals surface area (Å²) in [6.45, 7) is 4.69. The second kappa shape index (κ2) is 7.72. The Kier molecular flexibility index (Phi) is 6.27. The molecule has 1 aliphatic heterocycles. The fourth-order valence-electron chi connectivity index (χ4n) is 2.16. The third-order valence-corrected chi connectivity index (χ3v) is 3.41. The number of carbonyl (C=O) groups is 3. The van der Waals surface area contributed by atoms with E-state index in [0.29, 0.717) is 39.0 Å². The van der Waals surface area contributed by atoms with Gasteiger partial charge in [0.1, 0.15) is 6.04 Å². The van der Waals surface area contributed by atoms with Crippen LogP contribution < -0.4 is 5.32 Å². The fourth-order valence-corrected chi connectivity index (χ4v) is 2.16. The van der Waals surface area contributed by atoms with Crippen molar-refractivity contribution in [3.05, 3.63) is 0 Å². The maximum absolute atomic E-state index is 11.9. The van der Waals surface area contributed by atoms with Crippen molar-refractivity contribution < 1.29 is 24.2 Å². The zero-order valence-corrected chi connectivity index (χ0v) is 11.9. The molecule has 0 unspecified atom stereocenters. The third-order valence-electron chi connectivity index (χ3n) is 3.41. The van der Waals surface area contributed by atoms with Crippen LogP contribution in [0.2, 0.25) is 0 Å². The summed E-state index contributed by atoms with van der Waals surface area (Å²) in [4.78, 5) is 35.9. The highest BCUT2D eigenvalue weighted by Crippen LogP contribution is 2.18. The number of hydrogen-bond acceptors (Lipinski definition) is 4. The van der Waals surface area contributed by atoms with E-state index in [1.54, 1.807) is 18.7 Å². The second-order valence-corrected chi connectivity index (χ2v) is 4.76. The molecule has 0 saturated carbocycles. The molecule has 0 spiro atoms. The van der Waals surface area contributed by atoms with Crippen LogP contribution >= 0.6 is 0 Å². The van der Waals surface area contributed by atoms with Gasteiger partial charge in [-0.2, -0.15) is 0 Å². The zero-order chi connectivity index (χ0) is 15.1. The Bertz CT molecular complexity index is 364. The molecule has 0 aromatic rings. The zero-order valence-electron chi connectivity index (χ0n) is 11.9. The van der Waals surface area contributed by atoms with Crippen molar-refractivity contribution in [1.82, 2.24) is 10.2 Å². The SMILES string of the molecule is CCOC(=O)C1CCN(C(=O)N[C@@H](CC)C(=O)O)CC1. The third kappa shape index (κ3) is 4.40. The van der Waals surface area contributed by atoms with Crippen LogP contribution in [0.15, 0.2) is 0 Å². The van der Waals surface area contributed by atoms with Gasteiger partial charge in [-0.05, 0) is 26.2 Å². The van der Waals surface area contributed by atoms with Crippen LogP contribution in [-0.4, -0.2) is 53.7 Å². The van der Waals surface area contributed by atoms with Crippen molar-refractivity contribution >= 4 is 18.0 Å². The molecule has 1 heterocycles. The van der Waals surface area contributed by atoms with Gasteiger partial charge in [-0.25, -0.2) is 9.59 Å². The van der Waals surface area contributed by atoms with Gasteiger partial charge in [0.2, 0.25) is 0 Å². The van der Waals surface area contributed by atoms with Crippen molar-refractivity contribution in [3.8, 4) is 0 Å². The molecule has 0 aromatic heterocycles. The first-order valence-electron chi connectivity index (χ1n) is 6.94. The highest BCUT2D eigenvalue weighted by Gasteiger charge is 2.29. The van der Waals surface area contributed by atoms with Crippen LogP contribution in [0.25, 0.3) is 0 Å². The van der Waals surface area contributed by atoms with Crippen molar-refractivity contribution in [2.45, 2.75) is 39.2 Å². The summed E-state index contributed by atoms with van der Waals surface area (Å²) >= 11 is 0. The number of esters is 1. The molecule has 1 fully saturated rings. The Morgan fingerprint density at radius 2 is 1.90 bits per heavy atom. The van der Waals surface area contributed by atoms with Gasteiger partial charge in [-0.3, -0.25) is 4.79 Å². The second-order valence-electron chi connectivity index (χ2n) is 4.76. The number of hydrogen-bond donors (Lipinski definition) is 2. The summed E-state index contributed by atoms with van der Waals surface area (Å²) < 4.78 is 4.95. The van der Waals surface area contributed by atoms with E-state index in [1.807, 2.05) is 0 Å². The van der Waals surface area contributed by atoms with Crippen molar-refractivity contribution in [2.24, 2.45) is 5.92 Å². The van der Waals surface area contributed by atoms with Gasteiger partial charge in [0.05, 0.1) is 12.5 Å². The summed E-state index contributed by atoms with van der Waals surface area (Å²) in [7, 11) is 0. The molecule has 0 aliphatic carbocycles. The van der Waals surface area contributed by atoms with E-state index in [-0.39, 0.29) is 17.9 Å². The van der Waals surface area contributed by atoms with Gasteiger partial charge >= 0.3 is 18.0 Å². The number of rotatable bonds is 5. The van der Waals surface area contributed by atoms with E-state index >= 15 is 0 Å². The Morgan fingerprint density at radius 1 is 1.30 bits per heavy atom. The topological polar surface area (TPSA) is 95.9 Å². The van der Waals surface area contributed by atoms with E-state index < -0.39 is 12.0 Å². The monoisotopic (exact) mass is 286 g/mol. The maximum Gasteiger partial charge on any atom is 0.326 e. The predicted octanol–water partition coefficient (Wildman–Crippen LogP) is 0.834. The van der Waals surface area contributed by atoms with Crippen LogP contribution in [0.4, 0.5) is 4.79 Å². The smallest absolute Gasteiger partial charge is 0.326 e. The summed E-state index contributed by atoms with van der Waals surface area (Å²) in [6, 6.07) is -1.26. The highest BCUT2D eigenvalue weighted by atomic mass is 16.5. The Morgan fingerprint density at radius 3 is 2.35 bits per heavy atom. The molecule has 1 aliphatic rings. The first-order valence-corrected chi connectivity index (χ1v) is 6.94. The molecule has 7 heteroatoms. The van der Waals surface area contributed by atoms with Gasteiger partial charge in [0.15, 0.2) is 0 Å². The minimum Gasteiger partial charge on any atom is -0.480 e. The molecule has 0 radical (unpaired) electrons. The van der Waals surface area contributed by atoms with Crippen LogP contribution in [0.3, 0.4) is 0 Å². The van der Waals surface area contributed by atoms with E-state index in [0.717, 1.165) is 0 Å². The first-order chi connectivity index (χ1) is 9.49. The average Bonchev–Trinajstić information content (AvgIpc) is 2.44. The van der Waals surface area contributed by atoms with Gasteiger partial charge < -0.3 is 20.1 Å². The van der Waals surface area contributed by atoms with Crippen LogP contribution in [0.5, 0.6) is 0 Å². The number of carboxylic acids is 1. The summed E-state index contributed by atoms with van der Waals surface area (Å²) in [5.41, 5.74) is 0. The normalized spacial score (nSPS) is 17.4. The minimum absolute atomic E-state index is 0.166. The lowest BCUT2D eigenvalue weighted by Gasteiger charge is -2.31. The predicted molar refractivity (Wildman–Crippen MR) is 71.2 cm³/mol. The van der Waals surface area contributed by atoms with Crippen LogP contribution in [-0.2, 0) is 14.3 Å². The van der Waals surface area contributed by atoms with E-state index in [4.69, 9.17) is 9.84 Å². The number of likely N-dealkylation sites (tertiary alicyclic amines) is 1. The number of nitrogens with zero attached hydrogens (tertiary/aromatic N) is 1. The Balaban J connectivity index is 2.43. The number of urea groups is 1. The molecule has 2 amide bonds. The molecule has 1 rings (SSSR count). The Hall–Kier alpha value is -1.79. The highest BCUT2D eigenvalue weighted by molar-refractivity contribution is 5.82. The number of piperidine rings is 1. The molecular formula is C13H22N2O5. The molecule has 20 heavy (non-hydrogen) atoms. The minimum atomic E-state index is -1.04. The largest absolute Gasteiger partial charge is 0.480 e. The van der Waals surface area contributed by atoms with Crippen molar-refractivity contribution in [2.75, 3.05) is 19.7 Å². The number of amides is 2. The Labute approximate surface area is 118 Å². The maximum atomic E-state index is 11.9. The van der Waals surface area contributed by atoms with Gasteiger partial charge in [0, 0.05) is 13.1 Å². The quantitative estimate of drug-likeness (QED) is 0.730. The summed E-state index contributed by atoms with van der Waals surface area (Å²) in [5, 5.41) is 11.4. The summed E-state index contributed by atoms with van der Waals surface area (Å²) in [5.74, 6) is -1.42. The average molecular weight is 286 g/mol. The van der Waals surface area contributed by atoms with Crippen LogP contribution in [0, 0.1) is 5.92 Å². The van der Waals surface area contributed by atoms with Crippen LogP contribution in [0.1, 0.15) is 33.1 Å². The van der Waals surface area contributed by atoms with Crippen molar-refractivity contribution in [3.63, 3.8) is 0 Å². The lowest BCUT2D eigenvalue weighted by Crippen LogP contribution is -2.50. The van der Waals surface area contributed by atoms with Gasteiger partial charge in [-0.15, -0.1) is 0 Å². The fraction of sp³-hybridized carbons (Fsp3) is 0.769. The molecule has 2 N–H and O–H groups in total. The standard InChI is InChI=1S/C13H22N2O5/c1-3-10(11(16)17)14-13(19)15-7-5-9(6-8-15)12(18)20-4-2/h9-10H,3-8H2,1-2H3,(H,14,19)(H,16,17)/t10-/m0/s1. The number of carboxylic acid groups (broad SMARTS) is 1. The van der Waals surface area contributed by atoms with Crippen molar-refractivity contribution in [1.29, 1.82) is 0 Å². The first kappa shape index (κ1) is 16.3. The molecule has 0 bridgehead atoms. The molecular weight excluding hydrogens is 264 g/mol. The molecule has 0 aromatic carbocycles. The summed E-state index contributed by atoms with van der Waals surface area (Å²) in [6.07, 6.45) is 1.44. The lowest BCUT2D eigenvalue weighted by atomic mass is 9.97. The molecule has 114 valence electrons. The van der Waals surface area contributed by atoms with E-state index in [9.17, 15) is 14.4 Å². The van der Waals surface area contributed by atoms with E-state index in [2.05, 4.69) is 5.32 Å². The molecule has 7 nitrogen and oxygen atoms in total. The van der Waals surface area contributed by atoms with Gasteiger partial charge in [0.25, 0.3) is 0 Å². The van der Waals surface area contributed by atoms with Gasteiger partial charge in [-0.1, -0.05) is 6.92 Å². The number of nitrogens with one attached hydrogen (secondary N) is 1. The number of aliphatic carboxylic acids is 1. The van der Waals surface area contributed by atoms with E-state index in [1.165, 1.54) is 0 Å². The number of carbonyl (C=O) groups excluding carboxylic acids is 2. The lowest BCUT2D eigenvalue weighted by molar-refractivity contribution is -0.149.